The molecule has 0 radical (unpaired) electrons. The highest BCUT2D eigenvalue weighted by atomic mass is 16.5. The molecular weight excluding hydrogens is 656 g/mol. The van der Waals surface area contributed by atoms with Gasteiger partial charge in [0.25, 0.3) is 0 Å². The summed E-state index contributed by atoms with van der Waals surface area (Å²) < 4.78 is 6.54. The summed E-state index contributed by atoms with van der Waals surface area (Å²) in [6.45, 7) is 4.37. The van der Waals surface area contributed by atoms with Crippen LogP contribution < -0.4 is 20.7 Å². The molecule has 0 aliphatic carbocycles. The van der Waals surface area contributed by atoms with Crippen molar-refractivity contribution in [2.75, 3.05) is 20.6 Å². The van der Waals surface area contributed by atoms with Crippen LogP contribution in [0.4, 0.5) is 0 Å². The van der Waals surface area contributed by atoms with Crippen LogP contribution in [0.3, 0.4) is 0 Å². The summed E-state index contributed by atoms with van der Waals surface area (Å²) in [4.78, 5) is 63.4. The SMILES string of the molecule is CC(C)C[C@@H]1NC(=O)[C@@H](NC(=O)[C@@H]2CCCN2C(=O)[C@H](Cc2c[nH]c3ccccc23)N(C)C)[C@H](c2ccccc2)Oc2ccc(cc2)/C=C\NC1=O. The number of H-pyrrole nitrogens is 1. The van der Waals surface area contributed by atoms with Crippen LogP contribution in [-0.2, 0) is 25.6 Å². The molecule has 11 nitrogen and oxygen atoms in total. The number of ether oxygens (including phenoxy) is 1. The summed E-state index contributed by atoms with van der Waals surface area (Å²) in [5, 5.41) is 9.79. The Balaban J connectivity index is 1.31. The van der Waals surface area contributed by atoms with Crippen LogP contribution in [0, 0.1) is 5.92 Å². The summed E-state index contributed by atoms with van der Waals surface area (Å²) >= 11 is 0. The molecule has 11 heteroatoms. The molecule has 4 amide bonds. The van der Waals surface area contributed by atoms with Crippen LogP contribution in [0.5, 0.6) is 5.75 Å². The van der Waals surface area contributed by atoms with Gasteiger partial charge in [0.15, 0.2) is 6.10 Å². The van der Waals surface area contributed by atoms with Crippen molar-refractivity contribution in [3.05, 3.63) is 108 Å². The first-order valence-electron chi connectivity index (χ1n) is 18.0. The summed E-state index contributed by atoms with van der Waals surface area (Å²) in [7, 11) is 3.74. The quantitative estimate of drug-likeness (QED) is 0.202. The van der Waals surface area contributed by atoms with Gasteiger partial charge in [-0.25, -0.2) is 0 Å². The van der Waals surface area contributed by atoms with E-state index < -0.39 is 42.1 Å². The Hall–Kier alpha value is -5.42. The van der Waals surface area contributed by atoms with Gasteiger partial charge < -0.3 is 30.6 Å². The number of fused-ring (bicyclic) bond motifs is 11. The normalized spacial score (nSPS) is 22.1. The fourth-order valence-electron chi connectivity index (χ4n) is 7.08. The van der Waals surface area contributed by atoms with E-state index in [1.54, 1.807) is 29.3 Å². The maximum absolute atomic E-state index is 14.4. The number of carbonyl (C=O) groups excluding carboxylic acids is 4. The highest BCUT2D eigenvalue weighted by molar-refractivity contribution is 5.96. The number of para-hydroxylation sites is 1. The van der Waals surface area contributed by atoms with Gasteiger partial charge in [-0.2, -0.15) is 0 Å². The zero-order valence-corrected chi connectivity index (χ0v) is 30.2. The molecular formula is C41H48N6O5. The molecule has 3 aromatic carbocycles. The van der Waals surface area contributed by atoms with Crippen LogP contribution in [0.2, 0.25) is 0 Å². The van der Waals surface area contributed by atoms with E-state index in [1.165, 1.54) is 0 Å². The van der Waals surface area contributed by atoms with Crippen molar-refractivity contribution in [3.8, 4) is 5.75 Å². The van der Waals surface area contributed by atoms with Crippen molar-refractivity contribution in [1.82, 2.24) is 30.7 Å². The predicted molar refractivity (Wildman–Crippen MR) is 201 cm³/mol. The van der Waals surface area contributed by atoms with Gasteiger partial charge in [0.1, 0.15) is 23.9 Å². The number of rotatable bonds is 9. The Morgan fingerprint density at radius 1 is 0.962 bits per heavy atom. The number of nitrogens with zero attached hydrogens (tertiary/aromatic N) is 2. The molecule has 0 saturated carbocycles. The van der Waals surface area contributed by atoms with Crippen molar-refractivity contribution in [1.29, 1.82) is 0 Å². The second kappa shape index (κ2) is 16.3. The number of aromatic amines is 1. The third-order valence-corrected chi connectivity index (χ3v) is 9.83. The van der Waals surface area contributed by atoms with E-state index in [2.05, 4.69) is 20.9 Å². The highest BCUT2D eigenvalue weighted by Crippen LogP contribution is 2.29. The maximum Gasteiger partial charge on any atom is 0.247 e. The molecule has 1 fully saturated rings. The van der Waals surface area contributed by atoms with E-state index in [1.807, 2.05) is 106 Å². The van der Waals surface area contributed by atoms with Gasteiger partial charge >= 0.3 is 0 Å². The van der Waals surface area contributed by atoms with Crippen molar-refractivity contribution in [2.24, 2.45) is 5.92 Å². The van der Waals surface area contributed by atoms with Gasteiger partial charge in [0, 0.05) is 29.8 Å². The van der Waals surface area contributed by atoms with E-state index in [0.29, 0.717) is 43.5 Å². The lowest BCUT2D eigenvalue weighted by atomic mass is 9.98. The number of aromatic nitrogens is 1. The fourth-order valence-corrected chi connectivity index (χ4v) is 7.08. The van der Waals surface area contributed by atoms with Crippen LogP contribution in [0.25, 0.3) is 17.0 Å². The number of nitrogens with one attached hydrogen (secondary N) is 4. The summed E-state index contributed by atoms with van der Waals surface area (Å²) in [5.74, 6) is -0.951. The maximum atomic E-state index is 14.4. The number of benzene rings is 3. The second-order valence-corrected chi connectivity index (χ2v) is 14.3. The first kappa shape index (κ1) is 36.4. The molecule has 1 saturated heterocycles. The lowest BCUT2D eigenvalue weighted by Crippen LogP contribution is -2.59. The molecule has 5 atom stereocenters. The smallest absolute Gasteiger partial charge is 0.247 e. The standard InChI is InChI=1S/C41H48N6O5/c1-26(2)23-33-38(48)42-21-20-27-16-18-30(19-17-27)52-37(28-11-6-5-7-12-28)36(40(50)44-33)45-39(49)34-15-10-22-47(34)41(51)35(46(3)4)24-29-25-43-32-14-9-8-13-31(29)32/h5-9,11-14,16-21,25-26,33-37,43H,10,15,22-24H2,1-4H3,(H,42,48)(H,44,50)(H,45,49)/b21-20-/t33-,34-,35-,36-,37-/m0/s1. The van der Waals surface area contributed by atoms with Crippen LogP contribution in [-0.4, -0.2) is 83.2 Å². The van der Waals surface area contributed by atoms with Crippen molar-refractivity contribution in [3.63, 3.8) is 0 Å². The topological polar surface area (TPSA) is 136 Å². The van der Waals surface area contributed by atoms with Crippen LogP contribution in [0.15, 0.2) is 91.3 Å². The van der Waals surface area contributed by atoms with E-state index >= 15 is 0 Å². The van der Waals surface area contributed by atoms with Crippen molar-refractivity contribution < 1.29 is 23.9 Å². The summed E-state index contributed by atoms with van der Waals surface area (Å²) in [6, 6.07) is 21.1. The molecule has 52 heavy (non-hydrogen) atoms. The minimum absolute atomic E-state index is 0.0897. The molecule has 3 aliphatic rings. The van der Waals surface area contributed by atoms with Crippen LogP contribution >= 0.6 is 0 Å². The van der Waals surface area contributed by atoms with E-state index in [4.69, 9.17) is 4.74 Å². The van der Waals surface area contributed by atoms with E-state index in [-0.39, 0.29) is 17.7 Å². The molecule has 0 spiro atoms. The Labute approximate surface area is 304 Å². The molecule has 2 bridgehead atoms. The Bertz CT molecular complexity index is 1900. The zero-order chi connectivity index (χ0) is 36.8. The minimum atomic E-state index is -1.25. The Morgan fingerprint density at radius 2 is 1.69 bits per heavy atom. The molecule has 4 N–H and O–H groups in total. The number of likely N-dealkylation sites (N-methyl/N-ethyl adjacent to an activating group) is 1. The fraction of sp³-hybridized carbons (Fsp3) is 0.366. The minimum Gasteiger partial charge on any atom is -0.483 e. The third kappa shape index (κ3) is 8.37. The lowest BCUT2D eigenvalue weighted by molar-refractivity contribution is -0.143. The summed E-state index contributed by atoms with van der Waals surface area (Å²) in [5.41, 5.74) is 3.53. The van der Waals surface area contributed by atoms with E-state index in [9.17, 15) is 19.2 Å². The first-order valence-corrected chi connectivity index (χ1v) is 18.0. The number of likely N-dealkylation sites (tertiary alicyclic amines) is 1. The largest absolute Gasteiger partial charge is 0.483 e. The summed E-state index contributed by atoms with van der Waals surface area (Å²) in [6.07, 6.45) is 6.24. The van der Waals surface area contributed by atoms with Gasteiger partial charge in [-0.15, -0.1) is 0 Å². The number of amides is 4. The van der Waals surface area contributed by atoms with Crippen LogP contribution in [0.1, 0.15) is 55.9 Å². The Kier molecular flexibility index (Phi) is 11.4. The average Bonchev–Trinajstić information content (AvgIpc) is 3.80. The van der Waals surface area contributed by atoms with Gasteiger partial charge in [-0.05, 0) is 86.7 Å². The highest BCUT2D eigenvalue weighted by Gasteiger charge is 2.42. The second-order valence-electron chi connectivity index (χ2n) is 14.3. The molecule has 1 aromatic heterocycles. The molecule has 0 unspecified atom stereocenters. The lowest BCUT2D eigenvalue weighted by Gasteiger charge is -2.34. The van der Waals surface area contributed by atoms with Gasteiger partial charge in [0.2, 0.25) is 23.6 Å². The Morgan fingerprint density at radius 3 is 2.42 bits per heavy atom. The van der Waals surface area contributed by atoms with Crippen molar-refractivity contribution in [2.45, 2.75) is 69.8 Å². The number of carbonyl (C=O) groups is 4. The number of hydrogen-bond donors (Lipinski definition) is 4. The van der Waals surface area contributed by atoms with Gasteiger partial charge in [0.05, 0.1) is 6.04 Å². The van der Waals surface area contributed by atoms with Gasteiger partial charge in [-0.1, -0.05) is 74.5 Å². The molecule has 4 heterocycles. The first-order chi connectivity index (χ1) is 25.1. The van der Waals surface area contributed by atoms with Crippen molar-refractivity contribution >= 4 is 40.6 Å². The number of hydrogen-bond acceptors (Lipinski definition) is 6. The molecule has 7 rings (SSSR count). The molecule has 3 aliphatic heterocycles. The molecule has 272 valence electrons. The average molecular weight is 705 g/mol. The van der Waals surface area contributed by atoms with Gasteiger partial charge in [-0.3, -0.25) is 24.1 Å². The van der Waals surface area contributed by atoms with E-state index in [0.717, 1.165) is 22.0 Å². The third-order valence-electron chi connectivity index (χ3n) is 9.83. The molecule has 4 aromatic rings. The monoisotopic (exact) mass is 704 g/mol. The zero-order valence-electron chi connectivity index (χ0n) is 30.2. The predicted octanol–water partition coefficient (Wildman–Crippen LogP) is 4.57.